The van der Waals surface area contributed by atoms with Crippen LogP contribution in [-0.2, 0) is 4.74 Å². The molecule has 0 unspecified atom stereocenters. The van der Waals surface area contributed by atoms with E-state index in [1.54, 1.807) is 18.2 Å². The number of fused-ring (bicyclic) bond motifs is 1. The van der Waals surface area contributed by atoms with Crippen molar-refractivity contribution in [3.63, 3.8) is 0 Å². The average Bonchev–Trinajstić information content (AvgIpc) is 2.90. The number of carbonyl (C=O) groups is 1. The van der Waals surface area contributed by atoms with Gasteiger partial charge in [0.2, 0.25) is 5.88 Å². The van der Waals surface area contributed by atoms with E-state index in [-0.39, 0.29) is 30.6 Å². The summed E-state index contributed by atoms with van der Waals surface area (Å²) in [5.41, 5.74) is 2.13. The highest BCUT2D eigenvalue weighted by molar-refractivity contribution is 5.98. The number of carbonyl (C=O) groups excluding carboxylic acids is 1. The molecule has 0 saturated carbocycles. The highest BCUT2D eigenvalue weighted by Gasteiger charge is 2.34. The highest BCUT2D eigenvalue weighted by atomic mass is 16.5. The minimum Gasteiger partial charge on any atom is -0.497 e. The Morgan fingerprint density at radius 2 is 2.00 bits per heavy atom. The maximum Gasteiger partial charge on any atom is 0.259 e. The standard InChI is InChI=1S/C28H39N3O5/c1-19-15-31(20(2)18-32)28(33)25-13-23(22-6-5-7-24(12-22)34-4)14-29-27(25)36-26(19)17-30(3)16-21-8-10-35-11-9-21/h5-7,12-14,19-21,26,32H,8-11,15-18H2,1-4H3/t19-,20-,26+/m0/s1. The van der Waals surface area contributed by atoms with Crippen LogP contribution in [0.1, 0.15) is 37.0 Å². The Kier molecular flexibility index (Phi) is 8.82. The second-order valence-corrected chi connectivity index (χ2v) is 10.2. The first-order chi connectivity index (χ1) is 17.4. The second kappa shape index (κ2) is 12.0. The van der Waals surface area contributed by atoms with Crippen LogP contribution in [0.2, 0.25) is 0 Å². The topological polar surface area (TPSA) is 84.4 Å². The molecule has 3 heterocycles. The molecule has 1 amide bonds. The molecule has 3 atom stereocenters. The first-order valence-corrected chi connectivity index (χ1v) is 12.9. The molecule has 1 fully saturated rings. The molecule has 1 aromatic carbocycles. The van der Waals surface area contributed by atoms with E-state index in [2.05, 4.69) is 23.9 Å². The largest absolute Gasteiger partial charge is 0.497 e. The Hall–Kier alpha value is -2.68. The van der Waals surface area contributed by atoms with Gasteiger partial charge >= 0.3 is 0 Å². The van der Waals surface area contributed by atoms with Gasteiger partial charge in [0.05, 0.1) is 19.8 Å². The normalized spacial score (nSPS) is 21.9. The van der Waals surface area contributed by atoms with E-state index in [1.165, 1.54) is 0 Å². The molecule has 0 radical (unpaired) electrons. The molecule has 0 bridgehead atoms. The summed E-state index contributed by atoms with van der Waals surface area (Å²) in [4.78, 5) is 22.4. The van der Waals surface area contributed by atoms with Gasteiger partial charge < -0.3 is 29.1 Å². The van der Waals surface area contributed by atoms with Crippen LogP contribution in [0.25, 0.3) is 11.1 Å². The SMILES string of the molecule is COc1cccc(-c2cnc3c(c2)C(=O)N([C@@H](C)CO)C[C@H](C)[C@@H](CN(C)CC2CCOCC2)O3)c1. The summed E-state index contributed by atoms with van der Waals surface area (Å²) in [5.74, 6) is 1.59. The molecule has 2 aliphatic heterocycles. The fourth-order valence-electron chi connectivity index (χ4n) is 5.03. The number of hydrogen-bond donors (Lipinski definition) is 1. The summed E-state index contributed by atoms with van der Waals surface area (Å²) in [5, 5.41) is 9.91. The van der Waals surface area contributed by atoms with Crippen molar-refractivity contribution in [2.75, 3.05) is 53.6 Å². The van der Waals surface area contributed by atoms with Gasteiger partial charge in [0.15, 0.2) is 0 Å². The van der Waals surface area contributed by atoms with Crippen molar-refractivity contribution in [3.8, 4) is 22.8 Å². The number of rotatable bonds is 8. The highest BCUT2D eigenvalue weighted by Crippen LogP contribution is 2.31. The minimum absolute atomic E-state index is 0.0631. The third kappa shape index (κ3) is 6.17. The van der Waals surface area contributed by atoms with E-state index in [1.807, 2.05) is 37.3 Å². The zero-order chi connectivity index (χ0) is 25.7. The predicted molar refractivity (Wildman–Crippen MR) is 138 cm³/mol. The molecule has 0 aliphatic carbocycles. The Bertz CT molecular complexity index is 1030. The third-order valence-electron chi connectivity index (χ3n) is 7.33. The maximum absolute atomic E-state index is 13.7. The number of amides is 1. The van der Waals surface area contributed by atoms with Gasteiger partial charge in [-0.05, 0) is 56.5 Å². The average molecular weight is 498 g/mol. The van der Waals surface area contributed by atoms with Crippen LogP contribution in [-0.4, -0.2) is 91.6 Å². The van der Waals surface area contributed by atoms with Crippen molar-refractivity contribution in [2.24, 2.45) is 11.8 Å². The second-order valence-electron chi connectivity index (χ2n) is 10.2. The van der Waals surface area contributed by atoms with E-state index < -0.39 is 0 Å². The van der Waals surface area contributed by atoms with E-state index >= 15 is 0 Å². The lowest BCUT2D eigenvalue weighted by atomic mass is 9.97. The van der Waals surface area contributed by atoms with Gasteiger partial charge in [0.25, 0.3) is 5.91 Å². The first-order valence-electron chi connectivity index (χ1n) is 12.9. The number of aliphatic hydroxyl groups is 1. The van der Waals surface area contributed by atoms with E-state index in [0.717, 1.165) is 56.0 Å². The summed E-state index contributed by atoms with van der Waals surface area (Å²) in [6.45, 7) is 7.75. The van der Waals surface area contributed by atoms with Crippen LogP contribution in [0.4, 0.5) is 0 Å². The molecule has 2 aliphatic rings. The van der Waals surface area contributed by atoms with Crippen molar-refractivity contribution in [2.45, 2.75) is 38.8 Å². The van der Waals surface area contributed by atoms with Gasteiger partial charge in [-0.15, -0.1) is 0 Å². The molecule has 196 valence electrons. The summed E-state index contributed by atoms with van der Waals surface area (Å²) < 4.78 is 17.3. The Morgan fingerprint density at radius 1 is 1.22 bits per heavy atom. The molecule has 36 heavy (non-hydrogen) atoms. The third-order valence-corrected chi connectivity index (χ3v) is 7.33. The molecule has 1 saturated heterocycles. The van der Waals surface area contributed by atoms with Gasteiger partial charge in [-0.25, -0.2) is 4.98 Å². The van der Waals surface area contributed by atoms with E-state index in [4.69, 9.17) is 14.2 Å². The number of ether oxygens (including phenoxy) is 3. The number of likely N-dealkylation sites (N-methyl/N-ethyl adjacent to an activating group) is 1. The van der Waals surface area contributed by atoms with Gasteiger partial charge in [-0.1, -0.05) is 19.1 Å². The Balaban J connectivity index is 1.63. The lowest BCUT2D eigenvalue weighted by Crippen LogP contribution is -2.50. The van der Waals surface area contributed by atoms with Gasteiger partial charge in [0, 0.05) is 50.5 Å². The summed E-state index contributed by atoms with van der Waals surface area (Å²) >= 11 is 0. The molecule has 0 spiro atoms. The quantitative estimate of drug-likeness (QED) is 0.599. The van der Waals surface area contributed by atoms with Crippen LogP contribution in [0.15, 0.2) is 36.5 Å². The lowest BCUT2D eigenvalue weighted by Gasteiger charge is -2.38. The van der Waals surface area contributed by atoms with Crippen LogP contribution >= 0.6 is 0 Å². The van der Waals surface area contributed by atoms with Crippen LogP contribution < -0.4 is 9.47 Å². The molecule has 1 N–H and O–H groups in total. The number of methoxy groups -OCH3 is 1. The van der Waals surface area contributed by atoms with Crippen molar-refractivity contribution >= 4 is 5.91 Å². The molecule has 4 rings (SSSR count). The molecule has 1 aromatic heterocycles. The van der Waals surface area contributed by atoms with Crippen LogP contribution in [0, 0.1) is 11.8 Å². The molecule has 8 heteroatoms. The molecular formula is C28H39N3O5. The predicted octanol–water partition coefficient (Wildman–Crippen LogP) is 3.34. The van der Waals surface area contributed by atoms with Crippen LogP contribution in [0.5, 0.6) is 11.6 Å². The number of nitrogens with zero attached hydrogens (tertiary/aromatic N) is 3. The fraction of sp³-hybridized carbons (Fsp3) is 0.571. The summed E-state index contributed by atoms with van der Waals surface area (Å²) in [7, 11) is 3.76. The smallest absolute Gasteiger partial charge is 0.259 e. The molecule has 8 nitrogen and oxygen atoms in total. The Morgan fingerprint density at radius 3 is 2.72 bits per heavy atom. The van der Waals surface area contributed by atoms with Gasteiger partial charge in [-0.3, -0.25) is 4.79 Å². The number of hydrogen-bond acceptors (Lipinski definition) is 7. The monoisotopic (exact) mass is 497 g/mol. The van der Waals surface area contributed by atoms with Gasteiger partial charge in [-0.2, -0.15) is 0 Å². The first kappa shape index (κ1) is 26.4. The number of benzene rings is 1. The zero-order valence-corrected chi connectivity index (χ0v) is 21.9. The van der Waals surface area contributed by atoms with Crippen molar-refractivity contribution in [3.05, 3.63) is 42.1 Å². The number of pyridine rings is 1. The maximum atomic E-state index is 13.7. The summed E-state index contributed by atoms with van der Waals surface area (Å²) in [6, 6.07) is 9.20. The minimum atomic E-state index is -0.313. The molecule has 2 aromatic rings. The van der Waals surface area contributed by atoms with E-state index in [9.17, 15) is 9.90 Å². The molecular weight excluding hydrogens is 458 g/mol. The van der Waals surface area contributed by atoms with Crippen molar-refractivity contribution < 1.29 is 24.1 Å². The number of aromatic nitrogens is 1. The fourth-order valence-corrected chi connectivity index (χ4v) is 5.03. The van der Waals surface area contributed by atoms with Crippen molar-refractivity contribution in [1.82, 2.24) is 14.8 Å². The lowest BCUT2D eigenvalue weighted by molar-refractivity contribution is 0.0254. The zero-order valence-electron chi connectivity index (χ0n) is 21.9. The van der Waals surface area contributed by atoms with Gasteiger partial charge in [0.1, 0.15) is 17.4 Å². The Labute approximate surface area is 214 Å². The van der Waals surface area contributed by atoms with Crippen molar-refractivity contribution in [1.29, 1.82) is 0 Å². The van der Waals surface area contributed by atoms with E-state index in [0.29, 0.717) is 23.9 Å². The summed E-state index contributed by atoms with van der Waals surface area (Å²) in [6.07, 6.45) is 3.76. The number of aliphatic hydroxyl groups excluding tert-OH is 1. The van der Waals surface area contributed by atoms with Crippen LogP contribution in [0.3, 0.4) is 0 Å².